The Bertz CT molecular complexity index is 348. The largest absolute Gasteiger partial charge is 0.395 e. The Balaban J connectivity index is 0.000000673. The molecule has 1 aromatic carbocycles. The van der Waals surface area contributed by atoms with Crippen LogP contribution in [0.5, 0.6) is 0 Å². The van der Waals surface area contributed by atoms with Crippen molar-refractivity contribution in [2.24, 2.45) is 0 Å². The van der Waals surface area contributed by atoms with E-state index in [1.54, 1.807) is 12.1 Å². The third kappa shape index (κ3) is 4.75. The molecule has 0 saturated heterocycles. The lowest BCUT2D eigenvalue weighted by Crippen LogP contribution is -2.17. The summed E-state index contributed by atoms with van der Waals surface area (Å²) in [6.07, 6.45) is -3.89. The van der Waals surface area contributed by atoms with Crippen LogP contribution in [0.4, 0.5) is 13.2 Å². The second kappa shape index (κ2) is 6.08. The van der Waals surface area contributed by atoms with Crippen LogP contribution in [0.25, 0.3) is 0 Å². The summed E-state index contributed by atoms with van der Waals surface area (Å²) in [4.78, 5) is 16.2. The van der Waals surface area contributed by atoms with Crippen molar-refractivity contribution in [1.29, 1.82) is 0 Å². The van der Waals surface area contributed by atoms with Crippen LogP contribution >= 0.6 is 0 Å². The Morgan fingerprint density at radius 3 is 1.81 bits per heavy atom. The Morgan fingerprint density at radius 2 is 1.50 bits per heavy atom. The molecule has 0 N–H and O–H groups in total. The molecule has 1 unspecified atom stereocenters. The standard InChI is InChI=1S/C10H11F3.CO2/c1-7-3-5-9(6-4-7)8(2)10(11,12)13;2-1-3/h3-6,8H,1-2H3;. The zero-order valence-corrected chi connectivity index (χ0v) is 8.84. The van der Waals surface area contributed by atoms with E-state index in [0.29, 0.717) is 5.56 Å². The van der Waals surface area contributed by atoms with Crippen LogP contribution in [0.15, 0.2) is 24.3 Å². The highest BCUT2D eigenvalue weighted by Gasteiger charge is 2.36. The van der Waals surface area contributed by atoms with Crippen molar-refractivity contribution in [2.45, 2.75) is 25.9 Å². The van der Waals surface area contributed by atoms with Gasteiger partial charge in [0.05, 0.1) is 5.92 Å². The van der Waals surface area contributed by atoms with Gasteiger partial charge in [-0.1, -0.05) is 29.8 Å². The molecule has 88 valence electrons. The number of benzene rings is 1. The molecule has 0 heterocycles. The summed E-state index contributed by atoms with van der Waals surface area (Å²) in [6.45, 7) is 3.02. The van der Waals surface area contributed by atoms with Crippen LogP contribution in [0.3, 0.4) is 0 Å². The summed E-state index contributed by atoms with van der Waals surface area (Å²) in [5, 5.41) is 0. The molecular weight excluding hydrogens is 221 g/mol. The predicted molar refractivity (Wildman–Crippen MR) is 50.7 cm³/mol. The van der Waals surface area contributed by atoms with Gasteiger partial charge in [0, 0.05) is 0 Å². The predicted octanol–water partition coefficient (Wildman–Crippen LogP) is 3.08. The minimum absolute atomic E-state index is 0.250. The number of hydrogen-bond acceptors (Lipinski definition) is 2. The van der Waals surface area contributed by atoms with Crippen molar-refractivity contribution in [3.05, 3.63) is 35.4 Å². The lowest BCUT2D eigenvalue weighted by atomic mass is 10.00. The van der Waals surface area contributed by atoms with Gasteiger partial charge in [-0.05, 0) is 19.4 Å². The van der Waals surface area contributed by atoms with Gasteiger partial charge in [-0.15, -0.1) is 0 Å². The Labute approximate surface area is 91.1 Å². The zero-order chi connectivity index (χ0) is 12.8. The number of alkyl halides is 3. The summed E-state index contributed by atoms with van der Waals surface area (Å²) < 4.78 is 36.7. The molecule has 1 rings (SSSR count). The topological polar surface area (TPSA) is 34.1 Å². The van der Waals surface area contributed by atoms with Gasteiger partial charge in [-0.25, -0.2) is 0 Å². The SMILES string of the molecule is Cc1ccc(C(C)C(F)(F)F)cc1.O=C=O. The van der Waals surface area contributed by atoms with E-state index in [-0.39, 0.29) is 6.15 Å². The fourth-order valence-electron chi connectivity index (χ4n) is 1.04. The molecule has 5 heteroatoms. The van der Waals surface area contributed by atoms with Crippen molar-refractivity contribution in [3.8, 4) is 0 Å². The van der Waals surface area contributed by atoms with Crippen LogP contribution < -0.4 is 0 Å². The number of halogens is 3. The van der Waals surface area contributed by atoms with Gasteiger partial charge in [0.2, 0.25) is 0 Å². The van der Waals surface area contributed by atoms with E-state index in [1.807, 2.05) is 6.92 Å². The summed E-state index contributed by atoms with van der Waals surface area (Å²) in [7, 11) is 0. The molecule has 0 bridgehead atoms. The smallest absolute Gasteiger partial charge is 0.186 e. The minimum Gasteiger partial charge on any atom is -0.186 e. The van der Waals surface area contributed by atoms with E-state index in [1.165, 1.54) is 19.1 Å². The maximum atomic E-state index is 12.2. The third-order valence-electron chi connectivity index (χ3n) is 2.07. The molecule has 0 amide bonds. The lowest BCUT2D eigenvalue weighted by molar-refractivity contribution is -0.191. The molecule has 16 heavy (non-hydrogen) atoms. The molecule has 1 atom stereocenters. The summed E-state index contributed by atoms with van der Waals surface area (Å²) in [5.74, 6) is -1.38. The molecule has 0 radical (unpaired) electrons. The molecule has 1 aromatic rings. The first-order valence-corrected chi connectivity index (χ1v) is 4.45. The molecule has 0 aliphatic carbocycles. The minimum atomic E-state index is -4.14. The van der Waals surface area contributed by atoms with E-state index in [4.69, 9.17) is 9.59 Å². The van der Waals surface area contributed by atoms with Crippen molar-refractivity contribution in [2.75, 3.05) is 0 Å². The van der Waals surface area contributed by atoms with E-state index < -0.39 is 12.1 Å². The molecular formula is C11H11F3O2. The van der Waals surface area contributed by atoms with Crippen LogP contribution in [-0.2, 0) is 9.59 Å². The highest BCUT2D eigenvalue weighted by molar-refractivity contribution is 5.24. The van der Waals surface area contributed by atoms with Crippen LogP contribution in [0.1, 0.15) is 24.0 Å². The zero-order valence-electron chi connectivity index (χ0n) is 8.84. The maximum Gasteiger partial charge on any atom is 0.395 e. The van der Waals surface area contributed by atoms with E-state index in [9.17, 15) is 13.2 Å². The first kappa shape index (κ1) is 14.4. The van der Waals surface area contributed by atoms with Crippen molar-refractivity contribution < 1.29 is 22.8 Å². The molecule has 0 spiro atoms. The molecule has 0 aliphatic rings. The lowest BCUT2D eigenvalue weighted by Gasteiger charge is -2.15. The van der Waals surface area contributed by atoms with E-state index >= 15 is 0 Å². The number of rotatable bonds is 1. The molecule has 0 fully saturated rings. The van der Waals surface area contributed by atoms with Gasteiger partial charge >= 0.3 is 12.3 Å². The first-order valence-electron chi connectivity index (χ1n) is 4.45. The molecule has 0 saturated carbocycles. The normalized spacial score (nSPS) is 12.1. The summed E-state index contributed by atoms with van der Waals surface area (Å²) in [6, 6.07) is 6.43. The van der Waals surface area contributed by atoms with Gasteiger partial charge in [0.15, 0.2) is 0 Å². The average Bonchev–Trinajstić information content (AvgIpc) is 2.18. The number of aryl methyl sites for hydroxylation is 1. The average molecular weight is 232 g/mol. The first-order chi connectivity index (χ1) is 7.32. The second-order valence-electron chi connectivity index (χ2n) is 3.26. The quantitative estimate of drug-likeness (QED) is 0.745. The van der Waals surface area contributed by atoms with Gasteiger partial charge in [-0.3, -0.25) is 0 Å². The van der Waals surface area contributed by atoms with Gasteiger partial charge in [-0.2, -0.15) is 22.8 Å². The monoisotopic (exact) mass is 232 g/mol. The maximum absolute atomic E-state index is 12.2. The molecule has 0 aromatic heterocycles. The highest BCUT2D eigenvalue weighted by Crippen LogP contribution is 2.33. The van der Waals surface area contributed by atoms with Crippen LogP contribution in [0, 0.1) is 6.92 Å². The van der Waals surface area contributed by atoms with Gasteiger partial charge in [0.25, 0.3) is 0 Å². The van der Waals surface area contributed by atoms with Gasteiger partial charge < -0.3 is 0 Å². The number of hydrogen-bond donors (Lipinski definition) is 0. The highest BCUT2D eigenvalue weighted by atomic mass is 19.4. The second-order valence-corrected chi connectivity index (χ2v) is 3.26. The van der Waals surface area contributed by atoms with Crippen molar-refractivity contribution in [1.82, 2.24) is 0 Å². The van der Waals surface area contributed by atoms with Crippen molar-refractivity contribution in [3.63, 3.8) is 0 Å². The summed E-state index contributed by atoms with van der Waals surface area (Å²) in [5.41, 5.74) is 1.29. The molecule has 2 nitrogen and oxygen atoms in total. The Kier molecular flexibility index (Phi) is 5.47. The van der Waals surface area contributed by atoms with E-state index in [0.717, 1.165) is 5.56 Å². The van der Waals surface area contributed by atoms with Crippen LogP contribution in [0.2, 0.25) is 0 Å². The van der Waals surface area contributed by atoms with E-state index in [2.05, 4.69) is 0 Å². The Hall–Kier alpha value is -1.61. The summed E-state index contributed by atoms with van der Waals surface area (Å²) >= 11 is 0. The fraction of sp³-hybridized carbons (Fsp3) is 0.364. The number of carbonyl (C=O) groups excluding carboxylic acids is 2. The van der Waals surface area contributed by atoms with Crippen molar-refractivity contribution >= 4 is 6.15 Å². The third-order valence-corrected chi connectivity index (χ3v) is 2.07. The molecule has 0 aliphatic heterocycles. The fourth-order valence-corrected chi connectivity index (χ4v) is 1.04. The Morgan fingerprint density at radius 1 is 1.12 bits per heavy atom. The van der Waals surface area contributed by atoms with Crippen LogP contribution in [-0.4, -0.2) is 12.3 Å². The van der Waals surface area contributed by atoms with Gasteiger partial charge in [0.1, 0.15) is 0 Å².